The summed E-state index contributed by atoms with van der Waals surface area (Å²) in [6.07, 6.45) is 40.9. The van der Waals surface area contributed by atoms with E-state index in [4.69, 9.17) is 9.47 Å². The van der Waals surface area contributed by atoms with Crippen LogP contribution in [0.3, 0.4) is 0 Å². The van der Waals surface area contributed by atoms with E-state index in [2.05, 4.69) is 55.6 Å². The maximum Gasteiger partial charge on any atom is 0.249 e. The molecular formula is C54H101NO10. The second-order valence-corrected chi connectivity index (χ2v) is 18.9. The Balaban J connectivity index is 2.30. The fraction of sp³-hybridized carbons (Fsp3) is 0.870. The largest absolute Gasteiger partial charge is 0.394 e. The van der Waals surface area contributed by atoms with Crippen LogP contribution in [0.4, 0.5) is 0 Å². The number of carbonyl (C=O) groups excluding carboxylic acids is 1. The molecule has 1 aliphatic rings. The van der Waals surface area contributed by atoms with Crippen molar-refractivity contribution in [1.82, 2.24) is 5.32 Å². The van der Waals surface area contributed by atoms with Gasteiger partial charge in [0.25, 0.3) is 0 Å². The molecule has 0 saturated carbocycles. The Morgan fingerprint density at radius 1 is 0.523 bits per heavy atom. The van der Waals surface area contributed by atoms with E-state index in [0.717, 1.165) is 44.9 Å². The first kappa shape index (κ1) is 61.3. The minimum atomic E-state index is -1.67. The molecule has 9 unspecified atom stereocenters. The normalized spacial score (nSPS) is 21.2. The highest BCUT2D eigenvalue weighted by Crippen LogP contribution is 2.23. The smallest absolute Gasteiger partial charge is 0.249 e. The third-order valence-electron chi connectivity index (χ3n) is 12.9. The molecule has 0 spiro atoms. The van der Waals surface area contributed by atoms with Crippen LogP contribution in [-0.4, -0.2) is 110 Å². The second-order valence-electron chi connectivity index (χ2n) is 18.9. The summed E-state index contributed by atoms with van der Waals surface area (Å²) in [5.74, 6) is -0.715. The van der Waals surface area contributed by atoms with Crippen LogP contribution in [0, 0.1) is 0 Å². The first-order chi connectivity index (χ1) is 31.7. The lowest BCUT2D eigenvalue weighted by Gasteiger charge is -2.40. The molecule has 65 heavy (non-hydrogen) atoms. The maximum absolute atomic E-state index is 13.0. The number of unbranched alkanes of at least 4 members (excludes halogenated alkanes) is 27. The summed E-state index contributed by atoms with van der Waals surface area (Å²) in [5.41, 5.74) is 0. The Morgan fingerprint density at radius 3 is 1.37 bits per heavy atom. The fourth-order valence-corrected chi connectivity index (χ4v) is 8.47. The Kier molecular flexibility index (Phi) is 41.1. The van der Waals surface area contributed by atoms with Gasteiger partial charge < -0.3 is 50.5 Å². The molecule has 0 bridgehead atoms. The first-order valence-corrected chi connectivity index (χ1v) is 26.9. The number of hydrogen-bond acceptors (Lipinski definition) is 10. The number of hydrogen-bond donors (Lipinski definition) is 8. The molecule has 1 amide bonds. The summed E-state index contributed by atoms with van der Waals surface area (Å²) in [7, 11) is 0. The van der Waals surface area contributed by atoms with Crippen molar-refractivity contribution in [2.45, 2.75) is 287 Å². The van der Waals surface area contributed by atoms with E-state index in [1.54, 1.807) is 0 Å². The van der Waals surface area contributed by atoms with Crippen molar-refractivity contribution in [1.29, 1.82) is 0 Å². The predicted molar refractivity (Wildman–Crippen MR) is 265 cm³/mol. The molecule has 8 N–H and O–H groups in total. The highest BCUT2D eigenvalue weighted by atomic mass is 16.7. The van der Waals surface area contributed by atoms with Gasteiger partial charge in [-0.05, 0) is 64.2 Å². The zero-order valence-corrected chi connectivity index (χ0v) is 41.5. The zero-order chi connectivity index (χ0) is 47.6. The summed E-state index contributed by atoms with van der Waals surface area (Å²) < 4.78 is 11.1. The standard InChI is InChI=1S/C54H101NO10/c1-3-5-7-9-11-13-14-15-16-17-18-19-20-21-22-23-24-25-26-27-28-29-30-31-32-34-35-37-39-41-46(57)49(59)45(44-64-54-52(62)51(61)50(60)48(43-56)65-54)55-53(63)47(58)42-40-38-36-33-12-10-8-6-4-2/h25-26,29-30,34-35,45-52,54,56-62H,3-24,27-28,31-33,36-44H2,1-2H3,(H,55,63)/b26-25+,30-29+,35-34+. The van der Waals surface area contributed by atoms with Crippen LogP contribution in [0.1, 0.15) is 232 Å². The fourth-order valence-electron chi connectivity index (χ4n) is 8.47. The van der Waals surface area contributed by atoms with E-state index in [0.29, 0.717) is 19.3 Å². The Hall–Kier alpha value is -1.67. The van der Waals surface area contributed by atoms with E-state index in [1.165, 1.54) is 141 Å². The van der Waals surface area contributed by atoms with Crippen molar-refractivity contribution < 1.29 is 50.0 Å². The summed E-state index contributed by atoms with van der Waals surface area (Å²) in [6.45, 7) is 3.40. The average Bonchev–Trinajstić information content (AvgIpc) is 3.31. The van der Waals surface area contributed by atoms with Gasteiger partial charge in [-0.15, -0.1) is 0 Å². The van der Waals surface area contributed by atoms with Crippen molar-refractivity contribution in [2.24, 2.45) is 0 Å². The van der Waals surface area contributed by atoms with Gasteiger partial charge in [0.2, 0.25) is 5.91 Å². The summed E-state index contributed by atoms with van der Waals surface area (Å²) >= 11 is 0. The third-order valence-corrected chi connectivity index (χ3v) is 12.9. The highest BCUT2D eigenvalue weighted by Gasteiger charge is 2.44. The van der Waals surface area contributed by atoms with Crippen molar-refractivity contribution >= 4 is 5.91 Å². The minimum absolute atomic E-state index is 0.242. The van der Waals surface area contributed by atoms with Gasteiger partial charge in [0, 0.05) is 0 Å². The molecule has 1 fully saturated rings. The molecule has 1 heterocycles. The quantitative estimate of drug-likeness (QED) is 0.0216. The Labute approximate surface area is 397 Å². The van der Waals surface area contributed by atoms with Crippen LogP contribution in [0.2, 0.25) is 0 Å². The molecule has 382 valence electrons. The van der Waals surface area contributed by atoms with Crippen LogP contribution >= 0.6 is 0 Å². The zero-order valence-electron chi connectivity index (χ0n) is 41.5. The molecule has 1 saturated heterocycles. The van der Waals surface area contributed by atoms with E-state index in [9.17, 15) is 40.5 Å². The molecule has 0 aromatic carbocycles. The molecule has 1 aliphatic heterocycles. The van der Waals surface area contributed by atoms with E-state index in [1.807, 2.05) is 0 Å². The van der Waals surface area contributed by atoms with Crippen molar-refractivity contribution in [3.05, 3.63) is 36.5 Å². The summed E-state index contributed by atoms with van der Waals surface area (Å²) in [6, 6.07) is -1.19. The third kappa shape index (κ3) is 32.7. The van der Waals surface area contributed by atoms with Crippen LogP contribution in [0.25, 0.3) is 0 Å². The lowest BCUT2D eigenvalue weighted by atomic mass is 9.98. The molecule has 9 atom stereocenters. The second kappa shape index (κ2) is 43.6. The number of nitrogens with one attached hydrogen (secondary N) is 1. The van der Waals surface area contributed by atoms with Gasteiger partial charge in [0.1, 0.15) is 36.6 Å². The molecule has 11 nitrogen and oxygen atoms in total. The van der Waals surface area contributed by atoms with Gasteiger partial charge in [-0.3, -0.25) is 4.79 Å². The number of amides is 1. The van der Waals surface area contributed by atoms with Crippen LogP contribution in [-0.2, 0) is 14.3 Å². The number of allylic oxidation sites excluding steroid dienone is 6. The van der Waals surface area contributed by atoms with Gasteiger partial charge in [0.05, 0.1) is 25.4 Å². The maximum atomic E-state index is 13.0. The number of rotatable bonds is 45. The monoisotopic (exact) mass is 924 g/mol. The van der Waals surface area contributed by atoms with Crippen LogP contribution in [0.15, 0.2) is 36.5 Å². The molecule has 0 aromatic heterocycles. The van der Waals surface area contributed by atoms with Gasteiger partial charge >= 0.3 is 0 Å². The molecular weight excluding hydrogens is 823 g/mol. The number of aliphatic hydroxyl groups is 7. The molecule has 0 aromatic rings. The minimum Gasteiger partial charge on any atom is -0.394 e. The lowest BCUT2D eigenvalue weighted by Crippen LogP contribution is -2.60. The highest BCUT2D eigenvalue weighted by molar-refractivity contribution is 5.80. The number of carbonyl (C=O) groups is 1. The van der Waals surface area contributed by atoms with Crippen LogP contribution < -0.4 is 5.32 Å². The SMILES string of the molecule is CCCCCCCCCCCCCCCCCC/C=C/CC/C=C/CC/C=C/CCCC(O)C(O)C(COC1OC(CO)C(O)C(O)C1O)NC(=O)C(O)CCCCCCCCCCC. The van der Waals surface area contributed by atoms with Gasteiger partial charge in [-0.2, -0.15) is 0 Å². The van der Waals surface area contributed by atoms with Gasteiger partial charge in [-0.25, -0.2) is 0 Å². The van der Waals surface area contributed by atoms with E-state index in [-0.39, 0.29) is 12.8 Å². The van der Waals surface area contributed by atoms with Crippen LogP contribution in [0.5, 0.6) is 0 Å². The van der Waals surface area contributed by atoms with Crippen molar-refractivity contribution in [2.75, 3.05) is 13.2 Å². The van der Waals surface area contributed by atoms with E-state index < -0.39 is 74.2 Å². The molecule has 1 rings (SSSR count). The average molecular weight is 924 g/mol. The molecule has 11 heteroatoms. The predicted octanol–water partition coefficient (Wildman–Crippen LogP) is 10.3. The Morgan fingerprint density at radius 2 is 0.923 bits per heavy atom. The lowest BCUT2D eigenvalue weighted by molar-refractivity contribution is -0.303. The summed E-state index contributed by atoms with van der Waals surface area (Å²) in [5, 5.41) is 75.6. The molecule has 0 radical (unpaired) electrons. The van der Waals surface area contributed by atoms with Crippen molar-refractivity contribution in [3.8, 4) is 0 Å². The molecule has 0 aliphatic carbocycles. The Bertz CT molecular complexity index is 1150. The van der Waals surface area contributed by atoms with Crippen molar-refractivity contribution in [3.63, 3.8) is 0 Å². The summed E-state index contributed by atoms with van der Waals surface area (Å²) in [4.78, 5) is 13.0. The van der Waals surface area contributed by atoms with Gasteiger partial charge in [0.15, 0.2) is 6.29 Å². The van der Waals surface area contributed by atoms with E-state index >= 15 is 0 Å². The number of aliphatic hydroxyl groups excluding tert-OH is 7. The van der Waals surface area contributed by atoms with Gasteiger partial charge in [-0.1, -0.05) is 204 Å². The topological polar surface area (TPSA) is 189 Å². The first-order valence-electron chi connectivity index (χ1n) is 26.9. The number of ether oxygens (including phenoxy) is 2.